The van der Waals surface area contributed by atoms with Gasteiger partial charge in [-0.15, -0.1) is 0 Å². The third kappa shape index (κ3) is 8.90. The smallest absolute Gasteiger partial charge is 0.164 e. The number of hydrogen-bond acceptors (Lipinski definition) is 3. The van der Waals surface area contributed by atoms with Crippen molar-refractivity contribution in [1.82, 2.24) is 28.7 Å². The monoisotopic (exact) mass is 1140 g/mol. The molecule has 4 aromatic heterocycles. The molecule has 4 heterocycles. The summed E-state index contributed by atoms with van der Waals surface area (Å²) in [6.07, 6.45) is 8.56. The van der Waals surface area contributed by atoms with Crippen LogP contribution in [-0.2, 0) is 0 Å². The number of aromatic nitrogens is 6. The van der Waals surface area contributed by atoms with E-state index in [9.17, 15) is 0 Å². The Hall–Kier alpha value is -11.5. The standard InChI is InChI=1S/C83H58N6/c1-53-47-65(83-85-81(59-23-11-5-12-24-59)84-82(86-83)60-25-13-6-14-26-60)48-54(2)80(53)89-78-51-63(57-31-39-66(40-32-57)87-74-29-17-15-27-68(74)70-43-35-61(49-76(70)87)55-19-7-3-8-20-55)37-45-72(78)73-46-38-64(52-79(73)89)58-33-41-67(42-34-58)88-75-30-18-16-28-69(75)71-44-36-62(50-77(71)88)56-21-9-4-10-22-56/h3-5,7-13,15-52H,6,14H2,1-2H3. The minimum Gasteiger partial charge on any atom is -0.309 e. The molecule has 0 radical (unpaired) electrons. The highest BCUT2D eigenvalue weighted by molar-refractivity contribution is 6.13. The number of hydrogen-bond donors (Lipinski definition) is 0. The second-order valence-electron chi connectivity index (χ2n) is 23.6. The van der Waals surface area contributed by atoms with Crippen LogP contribution >= 0.6 is 0 Å². The fourth-order valence-corrected chi connectivity index (χ4v) is 13.9. The Balaban J connectivity index is 0.806. The molecule has 12 aromatic carbocycles. The van der Waals surface area contributed by atoms with Gasteiger partial charge in [0.25, 0.3) is 0 Å². The minimum absolute atomic E-state index is 0.653. The predicted molar refractivity (Wildman–Crippen MR) is 371 cm³/mol. The molecule has 0 bridgehead atoms. The van der Waals surface area contributed by atoms with Crippen molar-refractivity contribution < 1.29 is 0 Å². The molecule has 17 rings (SSSR count). The lowest BCUT2D eigenvalue weighted by Crippen LogP contribution is -2.05. The van der Waals surface area contributed by atoms with Crippen molar-refractivity contribution in [3.05, 3.63) is 308 Å². The van der Waals surface area contributed by atoms with E-state index >= 15 is 0 Å². The van der Waals surface area contributed by atoms with Gasteiger partial charge in [-0.1, -0.05) is 218 Å². The zero-order valence-corrected chi connectivity index (χ0v) is 49.3. The minimum atomic E-state index is 0.653. The first-order chi connectivity index (χ1) is 43.9. The summed E-state index contributed by atoms with van der Waals surface area (Å²) in [6.45, 7) is 4.46. The van der Waals surface area contributed by atoms with Gasteiger partial charge in [0.05, 0.1) is 38.8 Å². The van der Waals surface area contributed by atoms with Gasteiger partial charge in [-0.3, -0.25) is 0 Å². The highest BCUT2D eigenvalue weighted by atomic mass is 15.0. The summed E-state index contributed by atoms with van der Waals surface area (Å²) in [5, 5.41) is 7.34. The number of nitrogens with zero attached hydrogens (tertiary/aromatic N) is 6. The predicted octanol–water partition coefficient (Wildman–Crippen LogP) is 21.5. The third-order valence-corrected chi connectivity index (χ3v) is 18.1. The van der Waals surface area contributed by atoms with Crippen LogP contribution in [0.5, 0.6) is 0 Å². The maximum Gasteiger partial charge on any atom is 0.164 e. The Labute approximate surface area is 515 Å². The van der Waals surface area contributed by atoms with Gasteiger partial charge < -0.3 is 13.7 Å². The Bertz CT molecular complexity index is 5250. The van der Waals surface area contributed by atoms with Gasteiger partial charge in [0.15, 0.2) is 17.5 Å². The van der Waals surface area contributed by atoms with E-state index in [2.05, 4.69) is 301 Å². The largest absolute Gasteiger partial charge is 0.309 e. The molecule has 0 atom stereocenters. The van der Waals surface area contributed by atoms with Crippen LogP contribution in [0.25, 0.3) is 155 Å². The zero-order chi connectivity index (χ0) is 59.1. The van der Waals surface area contributed by atoms with Gasteiger partial charge in [-0.25, -0.2) is 15.0 Å². The van der Waals surface area contributed by atoms with Crippen molar-refractivity contribution >= 4 is 71.0 Å². The van der Waals surface area contributed by atoms with Gasteiger partial charge >= 0.3 is 0 Å². The molecule has 0 saturated heterocycles. The van der Waals surface area contributed by atoms with E-state index in [1.54, 1.807) is 0 Å². The second-order valence-corrected chi connectivity index (χ2v) is 23.6. The number of benzene rings is 12. The third-order valence-electron chi connectivity index (χ3n) is 18.1. The molecule has 420 valence electrons. The van der Waals surface area contributed by atoms with Gasteiger partial charge in [-0.05, 0) is 155 Å². The van der Waals surface area contributed by atoms with Gasteiger partial charge in [0, 0.05) is 60.4 Å². The SMILES string of the molecule is Cc1cc(-c2nc(C3=CCCC=C3)nc(-c3ccccc3)n2)cc(C)c1-n1c2cc(-c3ccc(-n4c5ccccc5c5ccc(-c6ccccc6)cc54)cc3)ccc2c2ccc(-c3ccc(-n4c5ccccc5c5ccc(-c6ccccc6)cc54)cc3)cc21. The molecule has 0 fully saturated rings. The Morgan fingerprint density at radius 3 is 1.04 bits per heavy atom. The van der Waals surface area contributed by atoms with Crippen LogP contribution in [-0.4, -0.2) is 28.7 Å². The molecule has 89 heavy (non-hydrogen) atoms. The van der Waals surface area contributed by atoms with Crippen LogP contribution in [0.1, 0.15) is 29.8 Å². The van der Waals surface area contributed by atoms with Crippen LogP contribution in [0.4, 0.5) is 0 Å². The molecule has 6 heteroatoms. The molecule has 16 aromatic rings. The second kappa shape index (κ2) is 21.2. The molecule has 0 spiro atoms. The van der Waals surface area contributed by atoms with Crippen molar-refractivity contribution in [2.75, 3.05) is 0 Å². The van der Waals surface area contributed by atoms with Gasteiger partial charge in [0.1, 0.15) is 0 Å². The molecule has 1 aliphatic carbocycles. The number of rotatable bonds is 10. The Morgan fingerprint density at radius 1 is 0.270 bits per heavy atom. The number of allylic oxidation sites excluding steroid dienone is 4. The fraction of sp³-hybridized carbons (Fsp3) is 0.0482. The van der Waals surface area contributed by atoms with Crippen molar-refractivity contribution in [3.8, 4) is 84.3 Å². The Morgan fingerprint density at radius 2 is 0.618 bits per heavy atom. The lowest BCUT2D eigenvalue weighted by molar-refractivity contribution is 1.00. The molecule has 0 amide bonds. The summed E-state index contributed by atoms with van der Waals surface area (Å²) in [4.78, 5) is 15.4. The first-order valence-corrected chi connectivity index (χ1v) is 30.7. The van der Waals surface area contributed by atoms with E-state index in [4.69, 9.17) is 15.0 Å². The molecular formula is C83H58N6. The maximum atomic E-state index is 5.20. The number of para-hydroxylation sites is 2. The summed E-state index contributed by atoms with van der Waals surface area (Å²) in [6, 6.07) is 99.6. The highest BCUT2D eigenvalue weighted by Crippen LogP contribution is 2.42. The summed E-state index contributed by atoms with van der Waals surface area (Å²) >= 11 is 0. The van der Waals surface area contributed by atoms with Crippen LogP contribution in [0.2, 0.25) is 0 Å². The maximum absolute atomic E-state index is 5.20. The Kier molecular flexibility index (Phi) is 12.4. The van der Waals surface area contributed by atoms with E-state index < -0.39 is 0 Å². The highest BCUT2D eigenvalue weighted by Gasteiger charge is 2.22. The van der Waals surface area contributed by atoms with E-state index in [1.807, 2.05) is 18.2 Å². The first-order valence-electron chi connectivity index (χ1n) is 30.7. The summed E-state index contributed by atoms with van der Waals surface area (Å²) in [7, 11) is 0. The number of aryl methyl sites for hydroxylation is 2. The van der Waals surface area contributed by atoms with Crippen LogP contribution in [0.15, 0.2) is 291 Å². The zero-order valence-electron chi connectivity index (χ0n) is 49.3. The fourth-order valence-electron chi connectivity index (χ4n) is 13.9. The average Bonchev–Trinajstić information content (AvgIpc) is 1.96. The van der Waals surface area contributed by atoms with Crippen LogP contribution in [0.3, 0.4) is 0 Å². The molecule has 0 aliphatic heterocycles. The van der Waals surface area contributed by atoms with Crippen molar-refractivity contribution in [3.63, 3.8) is 0 Å². The van der Waals surface area contributed by atoms with Crippen molar-refractivity contribution in [1.29, 1.82) is 0 Å². The van der Waals surface area contributed by atoms with Crippen molar-refractivity contribution in [2.24, 2.45) is 0 Å². The summed E-state index contributed by atoms with van der Waals surface area (Å²) < 4.78 is 7.34. The van der Waals surface area contributed by atoms with E-state index in [1.165, 1.54) is 76.6 Å². The topological polar surface area (TPSA) is 53.5 Å². The quantitative estimate of drug-likeness (QED) is 0.137. The molecule has 1 aliphatic rings. The molecular weight excluding hydrogens is 1080 g/mol. The van der Waals surface area contributed by atoms with E-state index in [0.29, 0.717) is 17.5 Å². The first kappa shape index (κ1) is 51.9. The van der Waals surface area contributed by atoms with Crippen molar-refractivity contribution in [2.45, 2.75) is 26.7 Å². The lowest BCUT2D eigenvalue weighted by atomic mass is 10.0. The van der Waals surface area contributed by atoms with Gasteiger partial charge in [0.2, 0.25) is 0 Å². The van der Waals surface area contributed by atoms with E-state index in [0.717, 1.165) is 91.0 Å². The molecule has 6 nitrogen and oxygen atoms in total. The number of fused-ring (bicyclic) bond motifs is 9. The molecule has 0 saturated carbocycles. The average molecular weight is 1140 g/mol. The summed E-state index contributed by atoms with van der Waals surface area (Å²) in [5.41, 5.74) is 24.9. The van der Waals surface area contributed by atoms with Gasteiger partial charge in [-0.2, -0.15) is 0 Å². The summed E-state index contributed by atoms with van der Waals surface area (Å²) in [5.74, 6) is 2.00. The molecule has 0 unspecified atom stereocenters. The van der Waals surface area contributed by atoms with Crippen LogP contribution in [0, 0.1) is 13.8 Å². The van der Waals surface area contributed by atoms with Crippen LogP contribution < -0.4 is 0 Å². The lowest BCUT2D eigenvalue weighted by Gasteiger charge is -2.17. The normalized spacial score (nSPS) is 12.5. The molecule has 0 N–H and O–H groups in total. The van der Waals surface area contributed by atoms with E-state index in [-0.39, 0.29) is 0 Å².